The first-order valence-electron chi connectivity index (χ1n) is 7.71. The highest BCUT2D eigenvalue weighted by atomic mass is 32.1. The Labute approximate surface area is 137 Å². The van der Waals surface area contributed by atoms with E-state index in [0.29, 0.717) is 11.6 Å². The van der Waals surface area contributed by atoms with E-state index < -0.39 is 0 Å². The molecular weight excluding hydrogens is 310 g/mol. The van der Waals surface area contributed by atoms with Crippen LogP contribution in [0.3, 0.4) is 0 Å². The lowest BCUT2D eigenvalue weighted by Crippen LogP contribution is -2.38. The number of carbonyl (C=O) groups is 1. The van der Waals surface area contributed by atoms with Crippen molar-refractivity contribution >= 4 is 22.9 Å². The zero-order valence-corrected chi connectivity index (χ0v) is 13.7. The maximum absolute atomic E-state index is 12.4. The molecule has 1 aliphatic heterocycles. The molecular formula is C16H17N5OS. The minimum atomic E-state index is 0.0412. The summed E-state index contributed by atoms with van der Waals surface area (Å²) in [6.07, 6.45) is 3.72. The van der Waals surface area contributed by atoms with Crippen LogP contribution in [0.5, 0.6) is 0 Å². The van der Waals surface area contributed by atoms with Crippen molar-refractivity contribution in [2.45, 2.75) is 25.7 Å². The molecule has 1 amide bonds. The van der Waals surface area contributed by atoms with Crippen LogP contribution in [-0.2, 0) is 0 Å². The number of rotatable bonds is 2. The SMILES string of the molecule is Cc1cc2nccc(C3CCN(C(=O)c4cscn4)CC3)n2n1. The zero-order chi connectivity index (χ0) is 15.8. The highest BCUT2D eigenvalue weighted by molar-refractivity contribution is 7.07. The number of hydrogen-bond donors (Lipinski definition) is 0. The Morgan fingerprint density at radius 2 is 2.13 bits per heavy atom. The molecule has 4 rings (SSSR count). The van der Waals surface area contributed by atoms with Crippen LogP contribution in [0.25, 0.3) is 5.65 Å². The van der Waals surface area contributed by atoms with Crippen molar-refractivity contribution in [1.82, 2.24) is 24.5 Å². The van der Waals surface area contributed by atoms with Gasteiger partial charge in [-0.15, -0.1) is 11.3 Å². The molecule has 0 spiro atoms. The van der Waals surface area contributed by atoms with Crippen molar-refractivity contribution < 1.29 is 4.79 Å². The fraction of sp³-hybridized carbons (Fsp3) is 0.375. The van der Waals surface area contributed by atoms with E-state index >= 15 is 0 Å². The molecule has 0 bridgehead atoms. The lowest BCUT2D eigenvalue weighted by molar-refractivity contribution is 0.0706. The average Bonchev–Trinajstić information content (AvgIpc) is 3.22. The molecule has 118 valence electrons. The summed E-state index contributed by atoms with van der Waals surface area (Å²) in [7, 11) is 0. The molecule has 0 N–H and O–H groups in total. The van der Waals surface area contributed by atoms with Crippen LogP contribution < -0.4 is 0 Å². The third-order valence-corrected chi connectivity index (χ3v) is 4.95. The predicted molar refractivity (Wildman–Crippen MR) is 87.7 cm³/mol. The molecule has 3 aromatic rings. The van der Waals surface area contributed by atoms with Crippen molar-refractivity contribution in [2.75, 3.05) is 13.1 Å². The van der Waals surface area contributed by atoms with Gasteiger partial charge in [-0.05, 0) is 25.8 Å². The first-order valence-corrected chi connectivity index (χ1v) is 8.65. The summed E-state index contributed by atoms with van der Waals surface area (Å²) in [5, 5.41) is 6.36. The van der Waals surface area contributed by atoms with Crippen LogP contribution in [0.15, 0.2) is 29.2 Å². The normalized spacial score (nSPS) is 16.1. The maximum atomic E-state index is 12.4. The van der Waals surface area contributed by atoms with E-state index in [1.165, 1.54) is 17.0 Å². The number of piperidine rings is 1. The lowest BCUT2D eigenvalue weighted by Gasteiger charge is -2.31. The van der Waals surface area contributed by atoms with Gasteiger partial charge < -0.3 is 4.90 Å². The standard InChI is InChI=1S/C16H17N5OS/c1-11-8-15-17-5-2-14(21(15)19-11)12-3-6-20(7-4-12)16(22)13-9-23-10-18-13/h2,5,8-10,12H,3-4,6-7H2,1H3. The molecule has 23 heavy (non-hydrogen) atoms. The number of aryl methyl sites for hydroxylation is 1. The van der Waals surface area contributed by atoms with Crippen molar-refractivity contribution in [3.8, 4) is 0 Å². The topological polar surface area (TPSA) is 63.4 Å². The summed E-state index contributed by atoms with van der Waals surface area (Å²) >= 11 is 1.46. The average molecular weight is 327 g/mol. The Bertz CT molecular complexity index is 833. The van der Waals surface area contributed by atoms with Gasteiger partial charge in [-0.25, -0.2) is 14.5 Å². The first-order chi connectivity index (χ1) is 11.2. The summed E-state index contributed by atoms with van der Waals surface area (Å²) < 4.78 is 1.94. The highest BCUT2D eigenvalue weighted by Crippen LogP contribution is 2.28. The zero-order valence-electron chi connectivity index (χ0n) is 12.8. The summed E-state index contributed by atoms with van der Waals surface area (Å²) in [5.41, 5.74) is 5.31. The number of thiazole rings is 1. The van der Waals surface area contributed by atoms with Gasteiger partial charge in [0.25, 0.3) is 5.91 Å². The van der Waals surface area contributed by atoms with E-state index in [4.69, 9.17) is 0 Å². The van der Waals surface area contributed by atoms with Crippen LogP contribution in [0.2, 0.25) is 0 Å². The van der Waals surface area contributed by atoms with Gasteiger partial charge in [-0.1, -0.05) is 0 Å². The first kappa shape index (κ1) is 14.3. The molecule has 7 heteroatoms. The monoisotopic (exact) mass is 327 g/mol. The Morgan fingerprint density at radius 3 is 2.87 bits per heavy atom. The highest BCUT2D eigenvalue weighted by Gasteiger charge is 2.26. The number of nitrogens with zero attached hydrogens (tertiary/aromatic N) is 5. The number of fused-ring (bicyclic) bond motifs is 1. The Kier molecular flexibility index (Phi) is 3.57. The van der Waals surface area contributed by atoms with E-state index in [1.807, 2.05) is 40.0 Å². The van der Waals surface area contributed by atoms with Crippen molar-refractivity contribution in [2.24, 2.45) is 0 Å². The van der Waals surface area contributed by atoms with E-state index in [9.17, 15) is 4.79 Å². The molecule has 0 unspecified atom stereocenters. The maximum Gasteiger partial charge on any atom is 0.273 e. The van der Waals surface area contributed by atoms with Gasteiger partial charge >= 0.3 is 0 Å². The van der Waals surface area contributed by atoms with Crippen LogP contribution in [-0.4, -0.2) is 43.5 Å². The molecule has 3 aromatic heterocycles. The molecule has 4 heterocycles. The molecule has 0 aromatic carbocycles. The summed E-state index contributed by atoms with van der Waals surface area (Å²) in [4.78, 5) is 22.7. The Morgan fingerprint density at radius 1 is 1.30 bits per heavy atom. The molecule has 0 aliphatic carbocycles. The molecule has 0 saturated carbocycles. The van der Waals surface area contributed by atoms with E-state index in [0.717, 1.165) is 37.3 Å². The van der Waals surface area contributed by atoms with Crippen LogP contribution >= 0.6 is 11.3 Å². The number of carbonyl (C=O) groups excluding carboxylic acids is 1. The summed E-state index contributed by atoms with van der Waals surface area (Å²) in [6, 6.07) is 4.03. The summed E-state index contributed by atoms with van der Waals surface area (Å²) in [5.74, 6) is 0.443. The Balaban J connectivity index is 1.52. The Hall–Kier alpha value is -2.28. The molecule has 6 nitrogen and oxygen atoms in total. The quantitative estimate of drug-likeness (QED) is 0.725. The van der Waals surface area contributed by atoms with Crippen molar-refractivity contribution in [3.05, 3.63) is 46.3 Å². The fourth-order valence-electron chi connectivity index (χ4n) is 3.20. The van der Waals surface area contributed by atoms with E-state index in [-0.39, 0.29) is 5.91 Å². The van der Waals surface area contributed by atoms with Gasteiger partial charge in [0, 0.05) is 42.3 Å². The second-order valence-corrected chi connectivity index (χ2v) is 6.58. The third kappa shape index (κ3) is 2.61. The predicted octanol–water partition coefficient (Wildman–Crippen LogP) is 2.51. The molecule has 0 atom stereocenters. The number of likely N-dealkylation sites (tertiary alicyclic amines) is 1. The smallest absolute Gasteiger partial charge is 0.273 e. The lowest BCUT2D eigenvalue weighted by atomic mass is 9.93. The molecule has 1 fully saturated rings. The second kappa shape index (κ2) is 5.73. The second-order valence-electron chi connectivity index (χ2n) is 5.87. The summed E-state index contributed by atoms with van der Waals surface area (Å²) in [6.45, 7) is 3.49. The van der Waals surface area contributed by atoms with Crippen LogP contribution in [0.1, 0.15) is 40.6 Å². The van der Waals surface area contributed by atoms with Gasteiger partial charge in [-0.2, -0.15) is 5.10 Å². The third-order valence-electron chi connectivity index (χ3n) is 4.36. The van der Waals surface area contributed by atoms with Gasteiger partial charge in [0.1, 0.15) is 5.69 Å². The number of hydrogen-bond acceptors (Lipinski definition) is 5. The molecule has 1 aliphatic rings. The number of aromatic nitrogens is 4. The van der Waals surface area contributed by atoms with Crippen molar-refractivity contribution in [1.29, 1.82) is 0 Å². The largest absolute Gasteiger partial charge is 0.337 e. The van der Waals surface area contributed by atoms with Gasteiger partial charge in [0.05, 0.1) is 11.2 Å². The van der Waals surface area contributed by atoms with E-state index in [1.54, 1.807) is 5.51 Å². The van der Waals surface area contributed by atoms with Crippen LogP contribution in [0, 0.1) is 6.92 Å². The van der Waals surface area contributed by atoms with Gasteiger partial charge in [0.15, 0.2) is 5.65 Å². The van der Waals surface area contributed by atoms with E-state index in [2.05, 4.69) is 15.1 Å². The van der Waals surface area contributed by atoms with Crippen LogP contribution in [0.4, 0.5) is 0 Å². The minimum Gasteiger partial charge on any atom is -0.337 e. The molecule has 0 radical (unpaired) electrons. The fourth-order valence-corrected chi connectivity index (χ4v) is 3.72. The molecule has 1 saturated heterocycles. The van der Waals surface area contributed by atoms with Crippen molar-refractivity contribution in [3.63, 3.8) is 0 Å². The minimum absolute atomic E-state index is 0.0412. The number of amides is 1. The van der Waals surface area contributed by atoms with Gasteiger partial charge in [-0.3, -0.25) is 4.79 Å². The van der Waals surface area contributed by atoms with Gasteiger partial charge in [0.2, 0.25) is 0 Å².